The molecule has 1 heterocycles. The number of nitrogens with zero attached hydrogens (tertiary/aromatic N) is 1. The van der Waals surface area contributed by atoms with Crippen LogP contribution in [0, 0.1) is 24.7 Å². The molecule has 2 nitrogen and oxygen atoms in total. The molecule has 0 aromatic carbocycles. The van der Waals surface area contributed by atoms with Crippen molar-refractivity contribution in [1.82, 2.24) is 4.73 Å². The van der Waals surface area contributed by atoms with Crippen LogP contribution >= 0.6 is 12.2 Å². The first-order chi connectivity index (χ1) is 4.61. The van der Waals surface area contributed by atoms with E-state index in [1.165, 1.54) is 0 Å². The maximum Gasteiger partial charge on any atom is 2.00 e. The predicted molar refractivity (Wildman–Crippen MR) is 40.8 cm³/mol. The fourth-order valence-electron chi connectivity index (χ4n) is 0.804. The Bertz CT molecular complexity index is 282. The normalized spacial score (nSPS) is 8.91. The van der Waals surface area contributed by atoms with Gasteiger partial charge in [-0.3, -0.25) is 4.73 Å². The third kappa shape index (κ3) is 2.42. The van der Waals surface area contributed by atoms with Gasteiger partial charge in [-0.15, -0.1) is 23.3 Å². The van der Waals surface area contributed by atoms with Crippen molar-refractivity contribution in [3.05, 3.63) is 28.0 Å². The predicted octanol–water partition coefficient (Wildman–Crippen LogP) is 1.87. The van der Waals surface area contributed by atoms with Gasteiger partial charge in [0.15, 0.2) is 0 Å². The second kappa shape index (κ2) is 4.03. The Hall–Kier alpha value is -0.142. The van der Waals surface area contributed by atoms with E-state index >= 15 is 0 Å². The monoisotopic (exact) mass is 338 g/mol. The van der Waals surface area contributed by atoms with E-state index in [2.05, 4.69) is 6.20 Å². The Morgan fingerprint density at radius 1 is 1.55 bits per heavy atom. The molecule has 0 fully saturated rings. The van der Waals surface area contributed by atoms with Crippen molar-refractivity contribution < 1.29 is 26.3 Å². The largest absolute Gasteiger partial charge is 2.00 e. The SMILES string of the molecule is Cc1[c-]n(O)c(=S)c(C)c1.[W+2]. The van der Waals surface area contributed by atoms with Crippen LogP contribution in [0.2, 0.25) is 0 Å². The average Bonchev–Trinajstić information content (AvgIpc) is 1.82. The smallest absolute Gasteiger partial charge is 0.451 e. The van der Waals surface area contributed by atoms with Crippen LogP contribution in [-0.2, 0) is 21.1 Å². The van der Waals surface area contributed by atoms with Crippen molar-refractivity contribution in [2.75, 3.05) is 0 Å². The van der Waals surface area contributed by atoms with E-state index in [9.17, 15) is 0 Å². The second-order valence-electron chi connectivity index (χ2n) is 2.24. The number of rotatable bonds is 0. The molecule has 4 heteroatoms. The molecule has 0 atom stereocenters. The van der Waals surface area contributed by atoms with Gasteiger partial charge >= 0.3 is 21.1 Å². The van der Waals surface area contributed by atoms with Crippen LogP contribution in [0.15, 0.2) is 6.07 Å². The fourth-order valence-corrected chi connectivity index (χ4v) is 0.908. The van der Waals surface area contributed by atoms with Crippen LogP contribution in [0.4, 0.5) is 0 Å². The molecule has 58 valence electrons. The maximum absolute atomic E-state index is 9.04. The number of pyridine rings is 1. The Labute approximate surface area is 85.1 Å². The van der Waals surface area contributed by atoms with Crippen LogP contribution in [0.5, 0.6) is 0 Å². The van der Waals surface area contributed by atoms with Gasteiger partial charge < -0.3 is 5.21 Å². The zero-order chi connectivity index (χ0) is 7.72. The molecule has 1 rings (SSSR count). The zero-order valence-corrected chi connectivity index (χ0v) is 10.0. The summed E-state index contributed by atoms with van der Waals surface area (Å²) in [6.45, 7) is 3.71. The summed E-state index contributed by atoms with van der Waals surface area (Å²) in [4.78, 5) is 0. The van der Waals surface area contributed by atoms with Gasteiger partial charge in [-0.05, 0) is 0 Å². The van der Waals surface area contributed by atoms with Crippen LogP contribution in [0.25, 0.3) is 0 Å². The van der Waals surface area contributed by atoms with Gasteiger partial charge in [-0.1, -0.05) is 20.0 Å². The molecule has 0 amide bonds. The molecule has 1 aromatic heterocycles. The maximum atomic E-state index is 9.04. The summed E-state index contributed by atoms with van der Waals surface area (Å²) >= 11 is 4.84. The van der Waals surface area contributed by atoms with Gasteiger partial charge in [0, 0.05) is 4.64 Å². The third-order valence-electron chi connectivity index (χ3n) is 1.24. The van der Waals surface area contributed by atoms with E-state index in [1.807, 2.05) is 19.9 Å². The number of hydrogen-bond acceptors (Lipinski definition) is 2. The quantitative estimate of drug-likeness (QED) is 0.444. The van der Waals surface area contributed by atoms with E-state index in [4.69, 9.17) is 17.4 Å². The summed E-state index contributed by atoms with van der Waals surface area (Å²) in [7, 11) is 0. The zero-order valence-electron chi connectivity index (χ0n) is 6.29. The molecule has 0 saturated heterocycles. The molecule has 0 aliphatic carbocycles. The first-order valence-electron chi connectivity index (χ1n) is 2.93. The van der Waals surface area contributed by atoms with Gasteiger partial charge in [-0.25, -0.2) is 0 Å². The van der Waals surface area contributed by atoms with Gasteiger partial charge in [0.2, 0.25) is 0 Å². The number of hydrogen-bond donors (Lipinski definition) is 1. The molecule has 0 aliphatic heterocycles. The standard InChI is InChI=1S/C7H8NOS.W/c1-5-3-6(2)7(10)8(9)4-5;/h3,9H,1-2H3;/q-1;+2. The van der Waals surface area contributed by atoms with E-state index in [0.29, 0.717) is 4.64 Å². The molecule has 0 aliphatic rings. The summed E-state index contributed by atoms with van der Waals surface area (Å²) < 4.78 is 1.27. The molecule has 0 bridgehead atoms. The molecule has 0 saturated carbocycles. The Balaban J connectivity index is 0.000001000. The molecule has 11 heavy (non-hydrogen) atoms. The van der Waals surface area contributed by atoms with E-state index in [1.54, 1.807) is 0 Å². The molecular weight excluding hydrogens is 330 g/mol. The minimum Gasteiger partial charge on any atom is -0.451 e. The fraction of sp³-hybridized carbons (Fsp3) is 0.286. The summed E-state index contributed by atoms with van der Waals surface area (Å²) in [5.41, 5.74) is 1.78. The molecular formula is C7H8NOSW+. The first-order valence-corrected chi connectivity index (χ1v) is 3.34. The van der Waals surface area contributed by atoms with Crippen LogP contribution in [-0.4, -0.2) is 9.94 Å². The van der Waals surface area contributed by atoms with Gasteiger partial charge in [-0.2, -0.15) is 6.07 Å². The van der Waals surface area contributed by atoms with Gasteiger partial charge in [0.25, 0.3) is 0 Å². The third-order valence-corrected chi connectivity index (χ3v) is 1.74. The summed E-state index contributed by atoms with van der Waals surface area (Å²) in [5, 5.41) is 9.04. The van der Waals surface area contributed by atoms with Crippen LogP contribution in [0.3, 0.4) is 0 Å². The Morgan fingerprint density at radius 3 is 2.55 bits per heavy atom. The average molecular weight is 338 g/mol. The summed E-state index contributed by atoms with van der Waals surface area (Å²) in [5.74, 6) is 0. The molecule has 1 N–H and O–H groups in total. The Morgan fingerprint density at radius 2 is 2.09 bits per heavy atom. The first kappa shape index (κ1) is 10.9. The second-order valence-corrected chi connectivity index (χ2v) is 2.63. The van der Waals surface area contributed by atoms with Crippen molar-refractivity contribution in [3.63, 3.8) is 0 Å². The van der Waals surface area contributed by atoms with Gasteiger partial charge in [0.1, 0.15) is 0 Å². The van der Waals surface area contributed by atoms with Crippen molar-refractivity contribution in [2.45, 2.75) is 13.8 Å². The number of aryl methyl sites for hydroxylation is 2. The van der Waals surface area contributed by atoms with Crippen LogP contribution < -0.4 is 0 Å². The van der Waals surface area contributed by atoms with E-state index < -0.39 is 0 Å². The molecule has 0 unspecified atom stereocenters. The van der Waals surface area contributed by atoms with Gasteiger partial charge in [0.05, 0.1) is 0 Å². The van der Waals surface area contributed by atoms with Crippen LogP contribution in [0.1, 0.15) is 11.1 Å². The summed E-state index contributed by atoms with van der Waals surface area (Å²) in [6.07, 6.45) is 2.65. The topological polar surface area (TPSA) is 25.2 Å². The van der Waals surface area contributed by atoms with Crippen molar-refractivity contribution >= 4 is 12.2 Å². The van der Waals surface area contributed by atoms with Crippen molar-refractivity contribution in [3.8, 4) is 0 Å². The molecule has 0 radical (unpaired) electrons. The van der Waals surface area contributed by atoms with Crippen molar-refractivity contribution in [2.24, 2.45) is 0 Å². The van der Waals surface area contributed by atoms with E-state index in [0.717, 1.165) is 15.9 Å². The van der Waals surface area contributed by atoms with E-state index in [-0.39, 0.29) is 21.1 Å². The molecule has 1 aromatic rings. The minimum absolute atomic E-state index is 0. The molecule has 0 spiro atoms. The minimum atomic E-state index is 0. The number of aromatic nitrogens is 1. The summed E-state index contributed by atoms with van der Waals surface area (Å²) in [6, 6.07) is 1.88. The Kier molecular flexibility index (Phi) is 3.98. The van der Waals surface area contributed by atoms with Crippen molar-refractivity contribution in [1.29, 1.82) is 0 Å².